The Balaban J connectivity index is 1.60. The lowest BCUT2D eigenvalue weighted by Gasteiger charge is -2.13. The molecule has 0 saturated carbocycles. The van der Waals surface area contributed by atoms with Crippen LogP contribution in [0.1, 0.15) is 34.6 Å². The quantitative estimate of drug-likeness (QED) is 0.374. The van der Waals surface area contributed by atoms with E-state index in [0.29, 0.717) is 29.3 Å². The van der Waals surface area contributed by atoms with Crippen LogP contribution in [0, 0.1) is 0 Å². The van der Waals surface area contributed by atoms with Crippen LogP contribution in [-0.2, 0) is 6.54 Å². The Morgan fingerprint density at radius 3 is 2.78 bits per heavy atom. The van der Waals surface area contributed by atoms with E-state index in [-0.39, 0.29) is 17.3 Å². The highest BCUT2D eigenvalue weighted by molar-refractivity contribution is 5.95. The molecule has 1 amide bonds. The SMILES string of the molecule is COc1cccc(/C=N/NC(=O)c2c(CN3CCCC3)nnn2-c2nonc2N)c1OC. The number of likely N-dealkylation sites (tertiary alicyclic amines) is 1. The van der Waals surface area contributed by atoms with Gasteiger partial charge in [-0.05, 0) is 48.4 Å². The molecule has 2 aromatic heterocycles. The topological polar surface area (TPSA) is 159 Å². The summed E-state index contributed by atoms with van der Waals surface area (Å²) in [6.07, 6.45) is 3.66. The molecular weight excluding hydrogens is 418 g/mol. The predicted molar refractivity (Wildman–Crippen MR) is 113 cm³/mol. The maximum Gasteiger partial charge on any atom is 0.292 e. The van der Waals surface area contributed by atoms with Gasteiger partial charge in [0.2, 0.25) is 11.6 Å². The van der Waals surface area contributed by atoms with Gasteiger partial charge in [-0.1, -0.05) is 11.3 Å². The standard InChI is InChI=1S/C19H23N9O4/c1-30-14-7-5-6-12(16(14)31-2)10-21-23-19(29)15-13(11-27-8-3-4-9-27)22-26-28(15)18-17(20)24-32-25-18/h5-7,10H,3-4,8-9,11H2,1-2H3,(H2,20,24)(H,23,29)/b21-10+. The number of nitrogens with two attached hydrogens (primary N) is 1. The maximum absolute atomic E-state index is 13.1. The van der Waals surface area contributed by atoms with E-state index >= 15 is 0 Å². The highest BCUT2D eigenvalue weighted by atomic mass is 16.6. The van der Waals surface area contributed by atoms with Crippen molar-refractivity contribution in [3.8, 4) is 17.3 Å². The Hall–Kier alpha value is -4.00. The van der Waals surface area contributed by atoms with E-state index in [1.807, 2.05) is 0 Å². The number of aromatic nitrogens is 5. The Morgan fingerprint density at radius 2 is 2.09 bits per heavy atom. The summed E-state index contributed by atoms with van der Waals surface area (Å²) in [6, 6.07) is 5.33. The fraction of sp³-hybridized carbons (Fsp3) is 0.368. The van der Waals surface area contributed by atoms with Crippen molar-refractivity contribution in [1.82, 2.24) is 35.6 Å². The monoisotopic (exact) mass is 441 g/mol. The lowest BCUT2D eigenvalue weighted by atomic mass is 10.2. The summed E-state index contributed by atoms with van der Waals surface area (Å²) < 4.78 is 16.5. The van der Waals surface area contributed by atoms with Gasteiger partial charge >= 0.3 is 0 Å². The van der Waals surface area contributed by atoms with Gasteiger partial charge in [0, 0.05) is 12.1 Å². The van der Waals surface area contributed by atoms with Crippen LogP contribution in [0.5, 0.6) is 11.5 Å². The number of benzene rings is 1. The average Bonchev–Trinajstić information content (AvgIpc) is 3.55. The number of rotatable bonds is 8. The number of ether oxygens (including phenoxy) is 2. The number of carbonyl (C=O) groups excluding carboxylic acids is 1. The molecule has 1 aliphatic heterocycles. The summed E-state index contributed by atoms with van der Waals surface area (Å²) in [5.74, 6) is 0.572. The third-order valence-electron chi connectivity index (χ3n) is 5.03. The smallest absolute Gasteiger partial charge is 0.292 e. The molecule has 3 heterocycles. The Labute approximate surface area is 183 Å². The van der Waals surface area contributed by atoms with Crippen LogP contribution in [0.2, 0.25) is 0 Å². The molecule has 4 rings (SSSR count). The van der Waals surface area contributed by atoms with E-state index in [1.54, 1.807) is 25.3 Å². The molecule has 1 fully saturated rings. The summed E-state index contributed by atoms with van der Waals surface area (Å²) in [6.45, 7) is 2.31. The summed E-state index contributed by atoms with van der Waals surface area (Å²) in [5, 5.41) is 19.6. The summed E-state index contributed by atoms with van der Waals surface area (Å²) in [4.78, 5) is 15.3. The molecule has 13 heteroatoms. The molecule has 0 spiro atoms. The highest BCUT2D eigenvalue weighted by Gasteiger charge is 2.26. The van der Waals surface area contributed by atoms with Gasteiger partial charge in [0.15, 0.2) is 17.2 Å². The zero-order chi connectivity index (χ0) is 22.5. The zero-order valence-corrected chi connectivity index (χ0v) is 17.7. The van der Waals surface area contributed by atoms with Crippen molar-refractivity contribution >= 4 is 17.9 Å². The van der Waals surface area contributed by atoms with Gasteiger partial charge in [-0.15, -0.1) is 5.10 Å². The second kappa shape index (κ2) is 9.43. The fourth-order valence-corrected chi connectivity index (χ4v) is 3.51. The van der Waals surface area contributed by atoms with Crippen LogP contribution >= 0.6 is 0 Å². The number of hydrogen-bond donors (Lipinski definition) is 2. The molecule has 1 aliphatic rings. The molecular formula is C19H23N9O4. The second-order valence-electron chi connectivity index (χ2n) is 7.03. The first-order valence-electron chi connectivity index (χ1n) is 9.92. The molecule has 0 aliphatic carbocycles. The van der Waals surface area contributed by atoms with Crippen molar-refractivity contribution in [1.29, 1.82) is 0 Å². The van der Waals surface area contributed by atoms with Gasteiger partial charge in [-0.25, -0.2) is 10.1 Å². The van der Waals surface area contributed by atoms with Crippen LogP contribution in [0.3, 0.4) is 0 Å². The largest absolute Gasteiger partial charge is 0.493 e. The number of anilines is 1. The van der Waals surface area contributed by atoms with Crippen LogP contribution in [0.4, 0.5) is 5.82 Å². The van der Waals surface area contributed by atoms with Crippen LogP contribution < -0.4 is 20.6 Å². The van der Waals surface area contributed by atoms with Gasteiger partial charge < -0.3 is 15.2 Å². The normalized spacial score (nSPS) is 14.2. The molecule has 0 bridgehead atoms. The molecule has 0 radical (unpaired) electrons. The minimum Gasteiger partial charge on any atom is -0.493 e. The minimum atomic E-state index is -0.537. The summed E-state index contributed by atoms with van der Waals surface area (Å²) in [5.41, 5.74) is 9.55. The Morgan fingerprint density at radius 1 is 1.28 bits per heavy atom. The number of hydrogen-bond acceptors (Lipinski definition) is 11. The molecule has 168 valence electrons. The number of methoxy groups -OCH3 is 2. The molecule has 13 nitrogen and oxygen atoms in total. The van der Waals surface area contributed by atoms with Crippen molar-refractivity contribution in [2.24, 2.45) is 5.10 Å². The number of nitrogen functional groups attached to an aromatic ring is 1. The van der Waals surface area contributed by atoms with Gasteiger partial charge in [0.1, 0.15) is 5.69 Å². The summed E-state index contributed by atoms with van der Waals surface area (Å²) >= 11 is 0. The number of hydrazone groups is 1. The molecule has 1 aromatic carbocycles. The maximum atomic E-state index is 13.1. The minimum absolute atomic E-state index is 0.0127. The number of carbonyl (C=O) groups is 1. The average molecular weight is 441 g/mol. The number of nitrogens with zero attached hydrogens (tertiary/aromatic N) is 7. The lowest BCUT2D eigenvalue weighted by molar-refractivity contribution is 0.0945. The van der Waals surface area contributed by atoms with Crippen molar-refractivity contribution < 1.29 is 18.9 Å². The molecule has 32 heavy (non-hydrogen) atoms. The molecule has 0 unspecified atom stereocenters. The van der Waals surface area contributed by atoms with Crippen LogP contribution in [-0.4, -0.2) is 69.6 Å². The first-order valence-corrected chi connectivity index (χ1v) is 9.92. The van der Waals surface area contributed by atoms with Gasteiger partial charge in [-0.2, -0.15) is 9.78 Å². The van der Waals surface area contributed by atoms with Gasteiger partial charge in [-0.3, -0.25) is 9.69 Å². The van der Waals surface area contributed by atoms with E-state index in [9.17, 15) is 4.79 Å². The summed E-state index contributed by atoms with van der Waals surface area (Å²) in [7, 11) is 3.07. The predicted octanol–water partition coefficient (Wildman–Crippen LogP) is 0.609. The number of para-hydroxylation sites is 1. The van der Waals surface area contributed by atoms with E-state index in [4.69, 9.17) is 15.2 Å². The molecule has 0 atom stereocenters. The third kappa shape index (κ3) is 4.23. The van der Waals surface area contributed by atoms with Crippen LogP contribution in [0.15, 0.2) is 27.9 Å². The van der Waals surface area contributed by atoms with E-state index < -0.39 is 5.91 Å². The number of nitrogens with one attached hydrogen (secondary N) is 1. The van der Waals surface area contributed by atoms with E-state index in [1.165, 1.54) is 18.0 Å². The Kier molecular flexibility index (Phi) is 6.26. The highest BCUT2D eigenvalue weighted by Crippen LogP contribution is 2.29. The molecule has 3 N–H and O–H groups in total. The number of amides is 1. The lowest BCUT2D eigenvalue weighted by Crippen LogP contribution is -2.26. The third-order valence-corrected chi connectivity index (χ3v) is 5.03. The van der Waals surface area contributed by atoms with E-state index in [0.717, 1.165) is 25.9 Å². The van der Waals surface area contributed by atoms with E-state index in [2.05, 4.69) is 40.7 Å². The first kappa shape index (κ1) is 21.2. The molecule has 1 saturated heterocycles. The van der Waals surface area contributed by atoms with Gasteiger partial charge in [0.25, 0.3) is 5.91 Å². The van der Waals surface area contributed by atoms with Crippen molar-refractivity contribution in [3.63, 3.8) is 0 Å². The fourth-order valence-electron chi connectivity index (χ4n) is 3.51. The second-order valence-corrected chi connectivity index (χ2v) is 7.03. The Bertz CT molecular complexity index is 1120. The first-order chi connectivity index (χ1) is 15.6. The van der Waals surface area contributed by atoms with Crippen molar-refractivity contribution in [2.75, 3.05) is 33.0 Å². The van der Waals surface area contributed by atoms with Crippen molar-refractivity contribution in [3.05, 3.63) is 35.2 Å². The van der Waals surface area contributed by atoms with Crippen molar-refractivity contribution in [2.45, 2.75) is 19.4 Å². The molecule has 3 aromatic rings. The van der Waals surface area contributed by atoms with Crippen LogP contribution in [0.25, 0.3) is 5.82 Å². The van der Waals surface area contributed by atoms with Gasteiger partial charge in [0.05, 0.1) is 20.4 Å². The zero-order valence-electron chi connectivity index (χ0n) is 17.7.